The van der Waals surface area contributed by atoms with E-state index in [-0.39, 0.29) is 22.8 Å². The second-order valence-electron chi connectivity index (χ2n) is 6.96. The van der Waals surface area contributed by atoms with E-state index in [9.17, 15) is 15.0 Å². The number of furan rings is 1. The molecule has 1 amide bonds. The van der Waals surface area contributed by atoms with Crippen molar-refractivity contribution >= 4 is 29.2 Å². The first-order chi connectivity index (χ1) is 13.3. The van der Waals surface area contributed by atoms with E-state index in [2.05, 4.69) is 10.5 Å². The number of hydrogen-bond acceptors (Lipinski definition) is 6. The van der Waals surface area contributed by atoms with Gasteiger partial charge < -0.3 is 19.4 Å². The molecule has 0 aliphatic carbocycles. The van der Waals surface area contributed by atoms with Gasteiger partial charge in [0.05, 0.1) is 11.8 Å². The van der Waals surface area contributed by atoms with Crippen molar-refractivity contribution in [3.8, 4) is 17.2 Å². The van der Waals surface area contributed by atoms with E-state index in [1.165, 1.54) is 12.3 Å². The van der Waals surface area contributed by atoms with E-state index in [1.807, 2.05) is 38.1 Å². The molecule has 2 heterocycles. The molecule has 28 heavy (non-hydrogen) atoms. The number of benzene rings is 2. The van der Waals surface area contributed by atoms with Gasteiger partial charge in [-0.3, -0.25) is 4.79 Å². The molecular weight excluding hydrogens is 360 g/mol. The van der Waals surface area contributed by atoms with Crippen molar-refractivity contribution in [1.82, 2.24) is 5.43 Å². The highest BCUT2D eigenvalue weighted by Crippen LogP contribution is 2.37. The summed E-state index contributed by atoms with van der Waals surface area (Å²) in [4.78, 5) is 12.3. The lowest BCUT2D eigenvalue weighted by molar-refractivity contribution is 0.0929. The first-order valence-electron chi connectivity index (χ1n) is 8.63. The third-order valence-corrected chi connectivity index (χ3v) is 4.35. The number of aromatic hydroxyl groups is 2. The molecule has 0 radical (unpaired) electrons. The highest BCUT2D eigenvalue weighted by Gasteiger charge is 2.24. The Morgan fingerprint density at radius 2 is 2.04 bits per heavy atom. The van der Waals surface area contributed by atoms with Crippen LogP contribution in [0.2, 0.25) is 0 Å². The minimum atomic E-state index is -0.540. The summed E-state index contributed by atoms with van der Waals surface area (Å²) in [7, 11) is 0. The minimum Gasteiger partial charge on any atom is -0.504 e. The number of phenols is 2. The smallest absolute Gasteiger partial charge is 0.307 e. The first-order valence-corrected chi connectivity index (χ1v) is 8.63. The van der Waals surface area contributed by atoms with E-state index in [1.54, 1.807) is 18.2 Å². The highest BCUT2D eigenvalue weighted by molar-refractivity contribution is 5.99. The average Bonchev–Trinajstić information content (AvgIpc) is 3.08. The number of para-hydroxylation sites is 1. The molecule has 0 unspecified atom stereocenters. The van der Waals surface area contributed by atoms with Gasteiger partial charge in [0.25, 0.3) is 0 Å². The Bertz CT molecular complexity index is 1140. The maximum atomic E-state index is 12.3. The summed E-state index contributed by atoms with van der Waals surface area (Å²) in [5.41, 5.74) is 3.55. The third kappa shape index (κ3) is 3.18. The van der Waals surface area contributed by atoms with Crippen molar-refractivity contribution in [2.24, 2.45) is 5.10 Å². The predicted molar refractivity (Wildman–Crippen MR) is 105 cm³/mol. The fraction of sp³-hybridized carbons (Fsp3) is 0.143. The Morgan fingerprint density at radius 1 is 1.21 bits per heavy atom. The Kier molecular flexibility index (Phi) is 4.07. The van der Waals surface area contributed by atoms with E-state index >= 15 is 0 Å². The van der Waals surface area contributed by atoms with Crippen LogP contribution in [0.4, 0.5) is 0 Å². The zero-order valence-electron chi connectivity index (χ0n) is 15.3. The van der Waals surface area contributed by atoms with Crippen LogP contribution in [0.1, 0.15) is 35.5 Å². The van der Waals surface area contributed by atoms with Gasteiger partial charge in [0.1, 0.15) is 16.9 Å². The van der Waals surface area contributed by atoms with Gasteiger partial charge in [-0.05, 0) is 56.3 Å². The SMILES string of the molecule is CC1(C)C=Cc2c(ccc3cc(C(=O)N/N=C/c4cccc(O)c4O)oc23)O1. The second kappa shape index (κ2) is 6.45. The van der Waals surface area contributed by atoms with E-state index < -0.39 is 11.5 Å². The average molecular weight is 378 g/mol. The zero-order chi connectivity index (χ0) is 19.9. The fourth-order valence-electron chi connectivity index (χ4n) is 2.94. The lowest BCUT2D eigenvalue weighted by atomic mass is 10.0. The standard InChI is InChI=1S/C21H18N2O5/c1-21(2)9-8-14-16(28-21)7-6-12-10-17(27-19(12)14)20(26)23-22-11-13-4-3-5-15(24)18(13)25/h3-11,24-25H,1-2H3,(H,23,26)/b22-11+. The molecule has 0 saturated heterocycles. The molecule has 3 N–H and O–H groups in total. The summed E-state index contributed by atoms with van der Waals surface area (Å²) in [5, 5.41) is 23.8. The Morgan fingerprint density at radius 3 is 2.86 bits per heavy atom. The molecule has 7 heteroatoms. The summed E-state index contributed by atoms with van der Waals surface area (Å²) in [6.45, 7) is 3.92. The number of carbonyl (C=O) groups excluding carboxylic acids is 1. The van der Waals surface area contributed by atoms with E-state index in [4.69, 9.17) is 9.15 Å². The number of fused-ring (bicyclic) bond motifs is 3. The first kappa shape index (κ1) is 17.7. The molecule has 1 aliphatic rings. The molecule has 1 aromatic heterocycles. The quantitative estimate of drug-likeness (QED) is 0.365. The molecule has 0 saturated carbocycles. The van der Waals surface area contributed by atoms with Crippen molar-refractivity contribution in [2.75, 3.05) is 0 Å². The van der Waals surface area contributed by atoms with Gasteiger partial charge in [-0.25, -0.2) is 5.43 Å². The van der Waals surface area contributed by atoms with Crippen LogP contribution in [-0.4, -0.2) is 27.9 Å². The Labute approximate surface area is 160 Å². The molecule has 0 spiro atoms. The maximum Gasteiger partial charge on any atom is 0.307 e. The largest absolute Gasteiger partial charge is 0.504 e. The summed E-state index contributed by atoms with van der Waals surface area (Å²) in [6, 6.07) is 9.75. The summed E-state index contributed by atoms with van der Waals surface area (Å²) < 4.78 is 11.7. The molecular formula is C21H18N2O5. The normalized spacial score (nSPS) is 14.8. The lowest BCUT2D eigenvalue weighted by Gasteiger charge is -2.27. The van der Waals surface area contributed by atoms with Crippen LogP contribution in [0.5, 0.6) is 17.2 Å². The van der Waals surface area contributed by atoms with Crippen molar-refractivity contribution in [2.45, 2.75) is 19.4 Å². The maximum absolute atomic E-state index is 12.3. The second-order valence-corrected chi connectivity index (χ2v) is 6.96. The molecule has 0 fully saturated rings. The van der Waals surface area contributed by atoms with Gasteiger partial charge in [-0.1, -0.05) is 6.07 Å². The summed E-state index contributed by atoms with van der Waals surface area (Å²) in [5.74, 6) is -0.333. The molecule has 3 aromatic rings. The Hall–Kier alpha value is -3.74. The van der Waals surface area contributed by atoms with E-state index in [0.717, 1.165) is 10.9 Å². The third-order valence-electron chi connectivity index (χ3n) is 4.35. The number of carbonyl (C=O) groups is 1. The van der Waals surface area contributed by atoms with Crippen LogP contribution in [0.3, 0.4) is 0 Å². The zero-order valence-corrected chi connectivity index (χ0v) is 15.3. The molecule has 142 valence electrons. The Balaban J connectivity index is 1.57. The van der Waals surface area contributed by atoms with Crippen LogP contribution in [0, 0.1) is 0 Å². The van der Waals surface area contributed by atoms with Gasteiger partial charge in [-0.2, -0.15) is 5.10 Å². The van der Waals surface area contributed by atoms with Crippen molar-refractivity contribution in [3.05, 3.63) is 59.4 Å². The van der Waals surface area contributed by atoms with Crippen LogP contribution >= 0.6 is 0 Å². The number of nitrogens with zero attached hydrogens (tertiary/aromatic N) is 1. The van der Waals surface area contributed by atoms with Gasteiger partial charge >= 0.3 is 5.91 Å². The van der Waals surface area contributed by atoms with Gasteiger partial charge in [0, 0.05) is 10.9 Å². The lowest BCUT2D eigenvalue weighted by Crippen LogP contribution is -2.27. The van der Waals surface area contributed by atoms with Gasteiger partial charge in [-0.15, -0.1) is 0 Å². The fourth-order valence-corrected chi connectivity index (χ4v) is 2.94. The molecule has 4 rings (SSSR count). The number of nitrogens with one attached hydrogen (secondary N) is 1. The van der Waals surface area contributed by atoms with Crippen LogP contribution in [0.25, 0.3) is 17.0 Å². The van der Waals surface area contributed by atoms with Crippen LogP contribution in [0.15, 0.2) is 52.0 Å². The van der Waals surface area contributed by atoms with Gasteiger partial charge in [0.15, 0.2) is 17.3 Å². The van der Waals surface area contributed by atoms with Crippen molar-refractivity contribution in [1.29, 1.82) is 0 Å². The number of rotatable bonds is 3. The molecule has 0 atom stereocenters. The summed E-state index contributed by atoms with van der Waals surface area (Å²) in [6.07, 6.45) is 5.09. The van der Waals surface area contributed by atoms with Crippen molar-refractivity contribution < 1.29 is 24.2 Å². The molecule has 2 aromatic carbocycles. The molecule has 7 nitrogen and oxygen atoms in total. The van der Waals surface area contributed by atoms with Gasteiger partial charge in [0.2, 0.25) is 0 Å². The monoisotopic (exact) mass is 378 g/mol. The number of amides is 1. The molecule has 0 bridgehead atoms. The number of ether oxygens (including phenoxy) is 1. The number of hydrazone groups is 1. The number of hydrogen-bond donors (Lipinski definition) is 3. The highest BCUT2D eigenvalue weighted by atomic mass is 16.5. The summed E-state index contributed by atoms with van der Waals surface area (Å²) >= 11 is 0. The molecule has 1 aliphatic heterocycles. The topological polar surface area (TPSA) is 104 Å². The van der Waals surface area contributed by atoms with Crippen LogP contribution < -0.4 is 10.2 Å². The van der Waals surface area contributed by atoms with E-state index in [0.29, 0.717) is 11.3 Å². The predicted octanol–water partition coefficient (Wildman–Crippen LogP) is 3.79. The number of phenolic OH excluding ortho intramolecular Hbond substituents is 2. The van der Waals surface area contributed by atoms with Crippen LogP contribution in [-0.2, 0) is 0 Å². The minimum absolute atomic E-state index is 0.0962. The van der Waals surface area contributed by atoms with Crippen molar-refractivity contribution in [3.63, 3.8) is 0 Å².